The van der Waals surface area contributed by atoms with E-state index < -0.39 is 0 Å². The lowest BCUT2D eigenvalue weighted by Gasteiger charge is -2.44. The largest absolute Gasteiger partial charge is 0.296 e. The van der Waals surface area contributed by atoms with Crippen molar-refractivity contribution < 1.29 is 0 Å². The predicted molar refractivity (Wildman–Crippen MR) is 101 cm³/mol. The Morgan fingerprint density at radius 3 is 1.74 bits per heavy atom. The van der Waals surface area contributed by atoms with Crippen LogP contribution in [0.15, 0.2) is 0 Å². The average Bonchev–Trinajstić information content (AvgIpc) is 2.45. The smallest absolute Gasteiger partial charge is 0.0507 e. The fourth-order valence-electron chi connectivity index (χ4n) is 3.90. The summed E-state index contributed by atoms with van der Waals surface area (Å²) >= 11 is 0. The fourth-order valence-corrected chi connectivity index (χ4v) is 3.90. The predicted octanol–water partition coefficient (Wildman–Crippen LogP) is 3.90. The summed E-state index contributed by atoms with van der Waals surface area (Å²) in [7, 11) is 0. The maximum atomic E-state index is 2.69. The van der Waals surface area contributed by atoms with E-state index in [9.17, 15) is 0 Å². The molecular weight excluding hydrogens is 282 g/mol. The number of hydrogen-bond acceptors (Lipinski definition) is 3. The molecule has 0 bridgehead atoms. The number of nitrogens with zero attached hydrogens (tertiary/aromatic N) is 3. The van der Waals surface area contributed by atoms with Crippen LogP contribution in [0, 0.1) is 11.3 Å². The lowest BCUT2D eigenvalue weighted by atomic mass is 9.83. The molecule has 0 unspecified atom stereocenters. The monoisotopic (exact) mass is 323 g/mol. The second-order valence-corrected chi connectivity index (χ2v) is 10.1. The number of likely N-dealkylation sites (tertiary alicyclic amines) is 1. The van der Waals surface area contributed by atoms with E-state index in [1.165, 1.54) is 71.6 Å². The van der Waals surface area contributed by atoms with E-state index in [-0.39, 0.29) is 0 Å². The summed E-state index contributed by atoms with van der Waals surface area (Å²) < 4.78 is 0. The van der Waals surface area contributed by atoms with Gasteiger partial charge in [0.05, 0.1) is 6.67 Å². The van der Waals surface area contributed by atoms with Gasteiger partial charge in [0.2, 0.25) is 0 Å². The summed E-state index contributed by atoms with van der Waals surface area (Å²) in [5.41, 5.74) is 0.835. The number of rotatable bonds is 4. The Hall–Kier alpha value is -0.120. The van der Waals surface area contributed by atoms with Crippen LogP contribution in [0.25, 0.3) is 0 Å². The standard InChI is InChI=1S/C20H41N3/c1-19(2,3)10-7-18-8-11-21(12-9-18)17-22-13-15-23(16-14-22)20(4,5)6/h18H,7-17H2,1-6H3. The van der Waals surface area contributed by atoms with Crippen molar-refractivity contribution in [3.8, 4) is 0 Å². The van der Waals surface area contributed by atoms with E-state index in [0.29, 0.717) is 11.0 Å². The number of hydrogen-bond donors (Lipinski definition) is 0. The fraction of sp³-hybridized carbons (Fsp3) is 1.00. The molecule has 2 aliphatic rings. The highest BCUT2D eigenvalue weighted by Gasteiger charge is 2.27. The zero-order valence-electron chi connectivity index (χ0n) is 16.7. The van der Waals surface area contributed by atoms with Crippen LogP contribution in [-0.4, -0.2) is 66.2 Å². The van der Waals surface area contributed by atoms with Crippen molar-refractivity contribution in [3.05, 3.63) is 0 Å². The zero-order chi connectivity index (χ0) is 17.1. The molecule has 2 fully saturated rings. The summed E-state index contributed by atoms with van der Waals surface area (Å²) in [5, 5.41) is 0. The topological polar surface area (TPSA) is 9.72 Å². The van der Waals surface area contributed by atoms with Crippen LogP contribution in [0.3, 0.4) is 0 Å². The van der Waals surface area contributed by atoms with Gasteiger partial charge in [-0.15, -0.1) is 0 Å². The van der Waals surface area contributed by atoms with Crippen LogP contribution in [-0.2, 0) is 0 Å². The van der Waals surface area contributed by atoms with E-state index in [2.05, 4.69) is 56.2 Å². The Morgan fingerprint density at radius 1 is 0.739 bits per heavy atom. The zero-order valence-corrected chi connectivity index (χ0v) is 16.7. The minimum Gasteiger partial charge on any atom is -0.296 e. The Morgan fingerprint density at radius 2 is 1.26 bits per heavy atom. The first kappa shape index (κ1) is 19.2. The maximum Gasteiger partial charge on any atom is 0.0507 e. The Kier molecular flexibility index (Phi) is 6.55. The molecule has 0 aromatic carbocycles. The van der Waals surface area contributed by atoms with Crippen LogP contribution < -0.4 is 0 Å². The van der Waals surface area contributed by atoms with Gasteiger partial charge in [-0.25, -0.2) is 0 Å². The second-order valence-electron chi connectivity index (χ2n) is 10.1. The molecule has 0 amide bonds. The van der Waals surface area contributed by atoms with Gasteiger partial charge in [0.1, 0.15) is 0 Å². The molecule has 0 aromatic heterocycles. The lowest BCUT2D eigenvalue weighted by molar-refractivity contribution is 0.0234. The van der Waals surface area contributed by atoms with Crippen molar-refractivity contribution in [3.63, 3.8) is 0 Å². The van der Waals surface area contributed by atoms with E-state index in [0.717, 1.165) is 5.92 Å². The first-order valence-electron chi connectivity index (χ1n) is 9.83. The third kappa shape index (κ3) is 6.72. The number of piperidine rings is 1. The molecule has 0 spiro atoms. The van der Waals surface area contributed by atoms with Crippen molar-refractivity contribution in [1.29, 1.82) is 0 Å². The second kappa shape index (κ2) is 7.84. The molecule has 3 nitrogen and oxygen atoms in total. The molecule has 2 saturated heterocycles. The first-order chi connectivity index (χ1) is 10.6. The molecule has 0 atom stereocenters. The summed E-state index contributed by atoms with van der Waals surface area (Å²) in [6.07, 6.45) is 5.64. The molecule has 23 heavy (non-hydrogen) atoms. The van der Waals surface area contributed by atoms with Gasteiger partial charge < -0.3 is 0 Å². The molecular formula is C20H41N3. The van der Waals surface area contributed by atoms with Crippen molar-refractivity contribution in [2.45, 2.75) is 72.8 Å². The number of piperazine rings is 1. The van der Waals surface area contributed by atoms with E-state index in [1.54, 1.807) is 0 Å². The van der Waals surface area contributed by atoms with Gasteiger partial charge in [0.25, 0.3) is 0 Å². The van der Waals surface area contributed by atoms with Crippen LogP contribution in [0.4, 0.5) is 0 Å². The molecule has 2 aliphatic heterocycles. The molecule has 0 saturated carbocycles. The normalized spacial score (nSPS) is 24.3. The van der Waals surface area contributed by atoms with E-state index in [1.807, 2.05) is 0 Å². The van der Waals surface area contributed by atoms with Gasteiger partial charge in [-0.1, -0.05) is 20.8 Å². The van der Waals surface area contributed by atoms with Gasteiger partial charge in [0.15, 0.2) is 0 Å². The summed E-state index contributed by atoms with van der Waals surface area (Å²) in [6.45, 7) is 22.9. The van der Waals surface area contributed by atoms with Crippen LogP contribution in [0.2, 0.25) is 0 Å². The van der Waals surface area contributed by atoms with Crippen molar-refractivity contribution in [2.24, 2.45) is 11.3 Å². The molecule has 0 N–H and O–H groups in total. The van der Waals surface area contributed by atoms with Crippen LogP contribution in [0.5, 0.6) is 0 Å². The highest BCUT2D eigenvalue weighted by Crippen LogP contribution is 2.29. The van der Waals surface area contributed by atoms with E-state index >= 15 is 0 Å². The molecule has 136 valence electrons. The summed E-state index contributed by atoms with van der Waals surface area (Å²) in [6, 6.07) is 0. The van der Waals surface area contributed by atoms with Crippen molar-refractivity contribution in [2.75, 3.05) is 45.9 Å². The molecule has 2 rings (SSSR count). The lowest BCUT2D eigenvalue weighted by Crippen LogP contribution is -2.55. The molecule has 2 heterocycles. The first-order valence-corrected chi connectivity index (χ1v) is 9.83. The van der Waals surface area contributed by atoms with Crippen LogP contribution >= 0.6 is 0 Å². The Balaban J connectivity index is 1.64. The van der Waals surface area contributed by atoms with Crippen molar-refractivity contribution in [1.82, 2.24) is 14.7 Å². The van der Waals surface area contributed by atoms with Gasteiger partial charge in [0, 0.05) is 31.7 Å². The maximum absolute atomic E-state index is 2.69. The third-order valence-corrected chi connectivity index (χ3v) is 5.73. The SMILES string of the molecule is CC(C)(C)CCC1CCN(CN2CCN(C(C)(C)C)CC2)CC1. The minimum atomic E-state index is 0.331. The quantitative estimate of drug-likeness (QED) is 0.777. The Bertz CT molecular complexity index is 337. The van der Waals surface area contributed by atoms with Gasteiger partial charge >= 0.3 is 0 Å². The van der Waals surface area contributed by atoms with Gasteiger partial charge in [-0.05, 0) is 70.9 Å². The van der Waals surface area contributed by atoms with Crippen molar-refractivity contribution >= 4 is 0 Å². The molecule has 0 aliphatic carbocycles. The summed E-state index contributed by atoms with van der Waals surface area (Å²) in [5.74, 6) is 0.975. The van der Waals surface area contributed by atoms with Gasteiger partial charge in [-0.2, -0.15) is 0 Å². The van der Waals surface area contributed by atoms with Gasteiger partial charge in [-0.3, -0.25) is 14.7 Å². The summed E-state index contributed by atoms with van der Waals surface area (Å²) in [4.78, 5) is 7.99. The highest BCUT2D eigenvalue weighted by molar-refractivity contribution is 4.82. The third-order valence-electron chi connectivity index (χ3n) is 5.73. The minimum absolute atomic E-state index is 0.331. The Labute approximate surface area is 145 Å². The molecule has 3 heteroatoms. The molecule has 0 aromatic rings. The average molecular weight is 324 g/mol. The van der Waals surface area contributed by atoms with E-state index in [4.69, 9.17) is 0 Å². The molecule has 0 radical (unpaired) electrons. The highest BCUT2D eigenvalue weighted by atomic mass is 15.4. The van der Waals surface area contributed by atoms with Crippen LogP contribution in [0.1, 0.15) is 67.2 Å².